The van der Waals surface area contributed by atoms with E-state index in [1.165, 1.54) is 30.3 Å². The van der Waals surface area contributed by atoms with Crippen LogP contribution in [0.2, 0.25) is 0 Å². The van der Waals surface area contributed by atoms with Crippen molar-refractivity contribution in [1.82, 2.24) is 25.2 Å². The lowest BCUT2D eigenvalue weighted by Gasteiger charge is -2.35. The largest absolute Gasteiger partial charge is 0.354 e. The number of nitrogens with one attached hydrogen (secondary N) is 2. The number of amides is 1. The molecule has 4 rings (SSSR count). The van der Waals surface area contributed by atoms with Crippen LogP contribution in [0.5, 0.6) is 0 Å². The Morgan fingerprint density at radius 3 is 2.75 bits per heavy atom. The average molecular weight is 398 g/mol. The van der Waals surface area contributed by atoms with Crippen LogP contribution in [0.1, 0.15) is 24.1 Å². The van der Waals surface area contributed by atoms with Crippen molar-refractivity contribution in [2.75, 3.05) is 42.9 Å². The van der Waals surface area contributed by atoms with Crippen LogP contribution in [0.3, 0.4) is 0 Å². The van der Waals surface area contributed by atoms with Gasteiger partial charge in [-0.3, -0.25) is 9.69 Å². The van der Waals surface area contributed by atoms with E-state index in [4.69, 9.17) is 5.26 Å². The standard InChI is InChI=1S/C18H22N8OS/c19-9-14-10-20-18(28-14)24-15-8-16(22-12-21-15)26-6-4-25(5-7-26)11-17(27)23-13-2-1-3-13/h8,10,12-13H,1-7,11H2,(H,23,27)(H,20,21,22,24). The summed E-state index contributed by atoms with van der Waals surface area (Å²) in [5, 5.41) is 15.7. The number of nitriles is 1. The highest BCUT2D eigenvalue weighted by atomic mass is 32.1. The van der Waals surface area contributed by atoms with Gasteiger partial charge in [0.15, 0.2) is 5.13 Å². The first-order valence-corrected chi connectivity index (χ1v) is 10.2. The number of aromatic nitrogens is 3. The van der Waals surface area contributed by atoms with Gasteiger partial charge in [0.05, 0.1) is 12.7 Å². The van der Waals surface area contributed by atoms with Gasteiger partial charge in [-0.15, -0.1) is 0 Å². The van der Waals surface area contributed by atoms with Crippen LogP contribution in [0.4, 0.5) is 16.8 Å². The number of thiazole rings is 1. The SMILES string of the molecule is N#Cc1cnc(Nc2cc(N3CCN(CC(=O)NC4CCC4)CC3)ncn2)s1. The highest BCUT2D eigenvalue weighted by Crippen LogP contribution is 2.23. The third kappa shape index (κ3) is 4.55. The van der Waals surface area contributed by atoms with Gasteiger partial charge in [-0.25, -0.2) is 15.0 Å². The maximum atomic E-state index is 12.1. The Hall–Kier alpha value is -2.77. The summed E-state index contributed by atoms with van der Waals surface area (Å²) in [7, 11) is 0. The number of nitrogens with zero attached hydrogens (tertiary/aromatic N) is 6. The molecule has 0 spiro atoms. The molecule has 1 amide bonds. The van der Waals surface area contributed by atoms with E-state index in [0.29, 0.717) is 28.4 Å². The molecule has 1 aliphatic carbocycles. The van der Waals surface area contributed by atoms with Crippen LogP contribution in [0, 0.1) is 11.3 Å². The molecule has 3 heterocycles. The molecule has 0 bridgehead atoms. The monoisotopic (exact) mass is 398 g/mol. The molecular weight excluding hydrogens is 376 g/mol. The second-order valence-corrected chi connectivity index (χ2v) is 8.02. The van der Waals surface area contributed by atoms with Crippen LogP contribution < -0.4 is 15.5 Å². The van der Waals surface area contributed by atoms with Gasteiger partial charge >= 0.3 is 0 Å². The molecule has 146 valence electrons. The zero-order valence-electron chi connectivity index (χ0n) is 15.5. The van der Waals surface area contributed by atoms with E-state index in [2.05, 4.69) is 41.5 Å². The second kappa shape index (κ2) is 8.50. The Morgan fingerprint density at radius 1 is 1.25 bits per heavy atom. The van der Waals surface area contributed by atoms with Crippen LogP contribution in [-0.2, 0) is 4.79 Å². The lowest BCUT2D eigenvalue weighted by Crippen LogP contribution is -2.51. The molecule has 2 fully saturated rings. The minimum Gasteiger partial charge on any atom is -0.354 e. The topological polar surface area (TPSA) is 110 Å². The number of carbonyl (C=O) groups excluding carboxylic acids is 1. The first-order chi connectivity index (χ1) is 13.7. The summed E-state index contributed by atoms with van der Waals surface area (Å²) in [6, 6.07) is 4.35. The normalized spacial score (nSPS) is 17.6. The molecule has 0 unspecified atom stereocenters. The van der Waals surface area contributed by atoms with Crippen molar-refractivity contribution in [3.63, 3.8) is 0 Å². The van der Waals surface area contributed by atoms with E-state index in [9.17, 15) is 4.79 Å². The maximum Gasteiger partial charge on any atom is 0.234 e. The summed E-state index contributed by atoms with van der Waals surface area (Å²) in [5.41, 5.74) is 0. The van der Waals surface area contributed by atoms with Crippen molar-refractivity contribution in [1.29, 1.82) is 5.26 Å². The van der Waals surface area contributed by atoms with Gasteiger partial charge in [0.25, 0.3) is 0 Å². The number of hydrogen-bond donors (Lipinski definition) is 2. The maximum absolute atomic E-state index is 12.1. The lowest BCUT2D eigenvalue weighted by molar-refractivity contribution is -0.123. The smallest absolute Gasteiger partial charge is 0.234 e. The van der Waals surface area contributed by atoms with Gasteiger partial charge in [0, 0.05) is 38.3 Å². The van der Waals surface area contributed by atoms with Crippen LogP contribution in [0.15, 0.2) is 18.6 Å². The average Bonchev–Trinajstić information content (AvgIpc) is 3.13. The Labute approximate surface area is 167 Å². The first kappa shape index (κ1) is 18.6. The Bertz CT molecular complexity index is 866. The van der Waals surface area contributed by atoms with Crippen LogP contribution in [-0.4, -0.2) is 64.5 Å². The summed E-state index contributed by atoms with van der Waals surface area (Å²) < 4.78 is 0. The summed E-state index contributed by atoms with van der Waals surface area (Å²) in [6.07, 6.45) is 6.51. The molecule has 1 aliphatic heterocycles. The Morgan fingerprint density at radius 2 is 2.07 bits per heavy atom. The van der Waals surface area contributed by atoms with E-state index < -0.39 is 0 Å². The fourth-order valence-corrected chi connectivity index (χ4v) is 3.87. The molecule has 28 heavy (non-hydrogen) atoms. The molecule has 1 saturated carbocycles. The molecular formula is C18H22N8OS. The highest BCUT2D eigenvalue weighted by Gasteiger charge is 2.23. The van der Waals surface area contributed by atoms with Crippen molar-refractivity contribution in [3.05, 3.63) is 23.5 Å². The zero-order valence-corrected chi connectivity index (χ0v) is 16.3. The number of hydrogen-bond acceptors (Lipinski definition) is 9. The van der Waals surface area contributed by atoms with E-state index >= 15 is 0 Å². The quantitative estimate of drug-likeness (QED) is 0.750. The van der Waals surface area contributed by atoms with Gasteiger partial charge in [-0.05, 0) is 19.3 Å². The van der Waals surface area contributed by atoms with Crippen molar-refractivity contribution < 1.29 is 4.79 Å². The van der Waals surface area contributed by atoms with E-state index in [-0.39, 0.29) is 5.91 Å². The predicted molar refractivity (Wildman–Crippen MR) is 107 cm³/mol. The number of piperazine rings is 1. The number of rotatable bonds is 6. The summed E-state index contributed by atoms with van der Waals surface area (Å²) in [4.78, 5) is 29.8. The number of carbonyl (C=O) groups is 1. The fourth-order valence-electron chi connectivity index (χ4n) is 3.25. The van der Waals surface area contributed by atoms with Gasteiger partial charge in [0.2, 0.25) is 5.91 Å². The third-order valence-corrected chi connectivity index (χ3v) is 5.85. The first-order valence-electron chi connectivity index (χ1n) is 9.41. The van der Waals surface area contributed by atoms with Gasteiger partial charge in [-0.2, -0.15) is 5.26 Å². The lowest BCUT2D eigenvalue weighted by atomic mass is 9.93. The van der Waals surface area contributed by atoms with Crippen LogP contribution >= 0.6 is 11.3 Å². The van der Waals surface area contributed by atoms with Crippen LogP contribution in [0.25, 0.3) is 0 Å². The van der Waals surface area contributed by atoms with Crippen molar-refractivity contribution >= 4 is 34.0 Å². The molecule has 9 nitrogen and oxygen atoms in total. The molecule has 0 radical (unpaired) electrons. The Kier molecular flexibility index (Phi) is 5.64. The summed E-state index contributed by atoms with van der Waals surface area (Å²) >= 11 is 1.28. The minimum absolute atomic E-state index is 0.131. The van der Waals surface area contributed by atoms with Crippen molar-refractivity contribution in [2.24, 2.45) is 0 Å². The molecule has 0 aromatic carbocycles. The van der Waals surface area contributed by atoms with Gasteiger partial charge in [-0.1, -0.05) is 11.3 Å². The minimum atomic E-state index is 0.131. The second-order valence-electron chi connectivity index (χ2n) is 6.99. The number of anilines is 3. The zero-order chi connectivity index (χ0) is 19.3. The molecule has 1 saturated heterocycles. The van der Waals surface area contributed by atoms with Gasteiger partial charge in [0.1, 0.15) is 28.9 Å². The molecule has 2 N–H and O–H groups in total. The van der Waals surface area contributed by atoms with E-state index in [0.717, 1.165) is 44.8 Å². The Balaban J connectivity index is 1.29. The molecule has 0 atom stereocenters. The highest BCUT2D eigenvalue weighted by molar-refractivity contribution is 7.16. The van der Waals surface area contributed by atoms with E-state index in [1.54, 1.807) is 0 Å². The third-order valence-electron chi connectivity index (χ3n) is 5.04. The van der Waals surface area contributed by atoms with Crippen molar-refractivity contribution in [2.45, 2.75) is 25.3 Å². The molecule has 10 heteroatoms. The summed E-state index contributed by atoms with van der Waals surface area (Å²) in [5.74, 6) is 1.62. The summed E-state index contributed by atoms with van der Waals surface area (Å²) in [6.45, 7) is 3.73. The molecule has 2 aliphatic rings. The predicted octanol–water partition coefficient (Wildman–Crippen LogP) is 1.34. The van der Waals surface area contributed by atoms with E-state index in [1.807, 2.05) is 6.07 Å². The van der Waals surface area contributed by atoms with Gasteiger partial charge < -0.3 is 15.5 Å². The van der Waals surface area contributed by atoms with Crippen molar-refractivity contribution in [3.8, 4) is 6.07 Å². The molecule has 2 aromatic heterocycles. The fraction of sp³-hybridized carbons (Fsp3) is 0.500. The molecule has 2 aromatic rings.